The van der Waals surface area contributed by atoms with Crippen molar-refractivity contribution in [2.75, 3.05) is 0 Å². The van der Waals surface area contributed by atoms with Gasteiger partial charge in [-0.05, 0) is 13.3 Å². The number of rotatable bonds is 2. The molecule has 6 nitrogen and oxygen atoms in total. The van der Waals surface area contributed by atoms with Gasteiger partial charge in [-0.3, -0.25) is 9.59 Å². The van der Waals surface area contributed by atoms with E-state index in [0.29, 0.717) is 0 Å². The zero-order chi connectivity index (χ0) is 13.3. The van der Waals surface area contributed by atoms with Crippen LogP contribution in [0.5, 0.6) is 0 Å². The van der Waals surface area contributed by atoms with Gasteiger partial charge in [0.25, 0.3) is 5.91 Å². The molecule has 0 aromatic carbocycles. The molecule has 18 heavy (non-hydrogen) atoms. The fourth-order valence-corrected chi connectivity index (χ4v) is 3.21. The molecule has 0 aliphatic carbocycles. The van der Waals surface area contributed by atoms with Gasteiger partial charge in [0.1, 0.15) is 0 Å². The van der Waals surface area contributed by atoms with Crippen molar-refractivity contribution in [1.29, 1.82) is 0 Å². The molecule has 3 aliphatic heterocycles. The van der Waals surface area contributed by atoms with Crippen molar-refractivity contribution in [1.82, 2.24) is 5.32 Å². The van der Waals surface area contributed by atoms with Gasteiger partial charge in [-0.1, -0.05) is 13.8 Å². The molecule has 3 rings (SSSR count). The summed E-state index contributed by atoms with van der Waals surface area (Å²) < 4.78 is 11.5. The number of Topliss-reactive ketones (excluding diaryl/α,β-unsaturated/α-hetero) is 1. The highest BCUT2D eigenvalue weighted by atomic mass is 16.8. The molecule has 3 fully saturated rings. The Morgan fingerprint density at radius 2 is 2.22 bits per heavy atom. The molecule has 2 N–H and O–H groups in total. The third-order valence-corrected chi connectivity index (χ3v) is 4.43. The van der Waals surface area contributed by atoms with Crippen molar-refractivity contribution < 1.29 is 24.2 Å². The summed E-state index contributed by atoms with van der Waals surface area (Å²) in [6, 6.07) is 0. The molecule has 0 aromatic heterocycles. The number of fused-ring (bicyclic) bond motifs is 1. The highest BCUT2D eigenvalue weighted by Gasteiger charge is 2.78. The fraction of sp³-hybridized carbons (Fsp3) is 0.833. The second-order valence-corrected chi connectivity index (χ2v) is 5.66. The van der Waals surface area contributed by atoms with Crippen LogP contribution in [0.4, 0.5) is 0 Å². The third kappa shape index (κ3) is 1.09. The molecular weight excluding hydrogens is 238 g/mol. The summed E-state index contributed by atoms with van der Waals surface area (Å²) in [5.74, 6) is -2.35. The number of nitrogens with one attached hydrogen (secondary N) is 1. The van der Waals surface area contributed by atoms with Crippen LogP contribution in [-0.2, 0) is 19.1 Å². The molecule has 0 saturated carbocycles. The Morgan fingerprint density at radius 1 is 1.56 bits per heavy atom. The molecule has 0 radical (unpaired) electrons. The van der Waals surface area contributed by atoms with E-state index in [1.165, 1.54) is 0 Å². The van der Waals surface area contributed by atoms with E-state index in [9.17, 15) is 14.7 Å². The van der Waals surface area contributed by atoms with Crippen LogP contribution in [0.1, 0.15) is 33.6 Å². The standard InChI is InChI=1S/C12H17NO5/c1-4-6(2)12-8-11(16,9(15)13-12)7(14)5-10(3,17-8)18-12/h6,8,16H,4-5H2,1-3H3,(H,13,15). The molecule has 6 heteroatoms. The summed E-state index contributed by atoms with van der Waals surface area (Å²) in [6.07, 6.45) is -0.328. The topological polar surface area (TPSA) is 84.9 Å². The van der Waals surface area contributed by atoms with Crippen molar-refractivity contribution in [3.63, 3.8) is 0 Å². The number of ketones is 1. The zero-order valence-corrected chi connectivity index (χ0v) is 10.6. The number of aliphatic hydroxyl groups is 1. The summed E-state index contributed by atoms with van der Waals surface area (Å²) in [6.45, 7) is 5.53. The lowest BCUT2D eigenvalue weighted by atomic mass is 9.81. The number of amides is 1. The Bertz CT molecular complexity index is 452. The van der Waals surface area contributed by atoms with Crippen molar-refractivity contribution in [3.8, 4) is 0 Å². The van der Waals surface area contributed by atoms with Crippen molar-refractivity contribution >= 4 is 11.7 Å². The molecule has 3 saturated heterocycles. The first kappa shape index (κ1) is 12.1. The molecule has 5 atom stereocenters. The van der Waals surface area contributed by atoms with E-state index in [-0.39, 0.29) is 12.3 Å². The second-order valence-electron chi connectivity index (χ2n) is 5.66. The minimum absolute atomic E-state index is 0.0619. The van der Waals surface area contributed by atoms with E-state index in [0.717, 1.165) is 6.42 Å². The van der Waals surface area contributed by atoms with Gasteiger partial charge in [0.05, 0.1) is 6.42 Å². The first-order valence-electron chi connectivity index (χ1n) is 6.25. The van der Waals surface area contributed by atoms with Gasteiger partial charge in [-0.25, -0.2) is 0 Å². The van der Waals surface area contributed by atoms with E-state index in [1.54, 1.807) is 6.92 Å². The number of ether oxygens (including phenoxy) is 2. The summed E-state index contributed by atoms with van der Waals surface area (Å²) >= 11 is 0. The average Bonchev–Trinajstić information content (AvgIpc) is 2.67. The van der Waals surface area contributed by atoms with Gasteiger partial charge in [-0.15, -0.1) is 0 Å². The number of carbonyl (C=O) groups excluding carboxylic acids is 2. The van der Waals surface area contributed by atoms with Crippen LogP contribution in [0.15, 0.2) is 0 Å². The van der Waals surface area contributed by atoms with Gasteiger partial charge in [0.15, 0.2) is 23.4 Å². The van der Waals surface area contributed by atoms with E-state index >= 15 is 0 Å². The van der Waals surface area contributed by atoms with Gasteiger partial charge in [0, 0.05) is 5.92 Å². The Labute approximate surface area is 105 Å². The van der Waals surface area contributed by atoms with Crippen LogP contribution in [0.25, 0.3) is 0 Å². The van der Waals surface area contributed by atoms with E-state index in [4.69, 9.17) is 9.47 Å². The maximum Gasteiger partial charge on any atom is 0.265 e. The second kappa shape index (κ2) is 3.12. The predicted octanol–water partition coefficient (Wildman–Crippen LogP) is -0.306. The van der Waals surface area contributed by atoms with Crippen LogP contribution < -0.4 is 5.32 Å². The Hall–Kier alpha value is -0.980. The lowest BCUT2D eigenvalue weighted by Crippen LogP contribution is -2.59. The normalized spacial score (nSPS) is 51.4. The van der Waals surface area contributed by atoms with Gasteiger partial charge in [0.2, 0.25) is 5.60 Å². The molecular formula is C12H17NO5. The minimum Gasteiger partial charge on any atom is -0.371 e. The SMILES string of the molecule is CCC(C)C12NC(=O)C3(O)C(=O)CC(C)(OC31)O2. The smallest absolute Gasteiger partial charge is 0.265 e. The molecule has 0 aromatic rings. The monoisotopic (exact) mass is 255 g/mol. The average molecular weight is 255 g/mol. The van der Waals surface area contributed by atoms with Crippen LogP contribution in [-0.4, -0.2) is 40.0 Å². The first-order chi connectivity index (χ1) is 8.28. The predicted molar refractivity (Wildman–Crippen MR) is 59.3 cm³/mol. The number of hydrogen-bond donors (Lipinski definition) is 2. The summed E-state index contributed by atoms with van der Waals surface area (Å²) in [4.78, 5) is 24.0. The lowest BCUT2D eigenvalue weighted by Gasteiger charge is -2.34. The minimum atomic E-state index is -2.10. The van der Waals surface area contributed by atoms with Crippen molar-refractivity contribution in [2.45, 2.75) is 56.8 Å². The molecule has 3 heterocycles. The maximum atomic E-state index is 12.0. The molecule has 3 aliphatic rings. The van der Waals surface area contributed by atoms with Gasteiger partial charge >= 0.3 is 0 Å². The van der Waals surface area contributed by atoms with Crippen molar-refractivity contribution in [3.05, 3.63) is 0 Å². The molecule has 2 bridgehead atoms. The van der Waals surface area contributed by atoms with Gasteiger partial charge in [-0.2, -0.15) is 0 Å². The third-order valence-electron chi connectivity index (χ3n) is 4.43. The van der Waals surface area contributed by atoms with Crippen LogP contribution in [0.3, 0.4) is 0 Å². The Morgan fingerprint density at radius 3 is 2.83 bits per heavy atom. The van der Waals surface area contributed by atoms with Crippen LogP contribution in [0.2, 0.25) is 0 Å². The molecule has 1 amide bonds. The van der Waals surface area contributed by atoms with Crippen LogP contribution in [0, 0.1) is 5.92 Å². The van der Waals surface area contributed by atoms with Crippen LogP contribution >= 0.6 is 0 Å². The molecule has 0 spiro atoms. The highest BCUT2D eigenvalue weighted by Crippen LogP contribution is 2.53. The molecule has 100 valence electrons. The largest absolute Gasteiger partial charge is 0.371 e. The first-order valence-corrected chi connectivity index (χ1v) is 6.25. The van der Waals surface area contributed by atoms with E-state index in [1.807, 2.05) is 13.8 Å². The Kier molecular flexibility index (Phi) is 2.09. The summed E-state index contributed by atoms with van der Waals surface area (Å²) in [5.41, 5.74) is -3.19. The van der Waals surface area contributed by atoms with E-state index < -0.39 is 34.9 Å². The fourth-order valence-electron chi connectivity index (χ4n) is 3.21. The van der Waals surface area contributed by atoms with Gasteiger partial charge < -0.3 is 19.9 Å². The quantitative estimate of drug-likeness (QED) is 0.661. The molecule has 5 unspecified atom stereocenters. The van der Waals surface area contributed by atoms with Crippen molar-refractivity contribution in [2.24, 2.45) is 5.92 Å². The highest BCUT2D eigenvalue weighted by molar-refractivity contribution is 6.13. The summed E-state index contributed by atoms with van der Waals surface area (Å²) in [7, 11) is 0. The number of carbonyl (C=O) groups is 2. The lowest BCUT2D eigenvalue weighted by molar-refractivity contribution is -0.225. The Balaban J connectivity index is 2.15. The van der Waals surface area contributed by atoms with E-state index in [2.05, 4.69) is 5.32 Å². The zero-order valence-electron chi connectivity index (χ0n) is 10.6. The maximum absolute atomic E-state index is 12.0. The summed E-state index contributed by atoms with van der Waals surface area (Å²) in [5, 5.41) is 13.1. The number of hydrogen-bond acceptors (Lipinski definition) is 5.